The maximum Gasteiger partial charge on any atom is 0.223 e. The van der Waals surface area contributed by atoms with Crippen LogP contribution in [-0.4, -0.2) is 39.2 Å². The first-order chi connectivity index (χ1) is 11.8. The van der Waals surface area contributed by atoms with E-state index in [9.17, 15) is 4.79 Å². The summed E-state index contributed by atoms with van der Waals surface area (Å²) in [6.07, 6.45) is 8.64. The van der Waals surface area contributed by atoms with Crippen molar-refractivity contribution >= 4 is 17.7 Å². The molecular formula is C19H25N3OS. The van der Waals surface area contributed by atoms with Crippen molar-refractivity contribution < 1.29 is 4.79 Å². The van der Waals surface area contributed by atoms with Gasteiger partial charge in [-0.05, 0) is 24.3 Å². The molecule has 1 saturated heterocycles. The van der Waals surface area contributed by atoms with Gasteiger partial charge < -0.3 is 9.47 Å². The Morgan fingerprint density at radius 2 is 2.17 bits per heavy atom. The van der Waals surface area contributed by atoms with E-state index >= 15 is 0 Å². The fourth-order valence-electron chi connectivity index (χ4n) is 3.22. The first-order valence-corrected chi connectivity index (χ1v) is 9.82. The summed E-state index contributed by atoms with van der Waals surface area (Å²) in [5.41, 5.74) is 1.33. The number of piperidine rings is 1. The van der Waals surface area contributed by atoms with E-state index < -0.39 is 0 Å². The van der Waals surface area contributed by atoms with Crippen LogP contribution in [0, 0.1) is 5.92 Å². The minimum Gasteiger partial charge on any atom is -0.342 e. The van der Waals surface area contributed by atoms with E-state index in [0.717, 1.165) is 37.6 Å². The lowest BCUT2D eigenvalue weighted by atomic mass is 9.97. The molecule has 4 nitrogen and oxygen atoms in total. The molecule has 3 rings (SSSR count). The van der Waals surface area contributed by atoms with E-state index in [4.69, 9.17) is 0 Å². The molecule has 1 aromatic heterocycles. The largest absolute Gasteiger partial charge is 0.342 e. The van der Waals surface area contributed by atoms with Gasteiger partial charge in [-0.2, -0.15) is 11.8 Å². The summed E-state index contributed by atoms with van der Waals surface area (Å²) >= 11 is 1.84. The van der Waals surface area contributed by atoms with Crippen molar-refractivity contribution in [2.45, 2.75) is 31.6 Å². The van der Waals surface area contributed by atoms with Crippen molar-refractivity contribution in [1.82, 2.24) is 14.5 Å². The quantitative estimate of drug-likeness (QED) is 0.723. The Balaban J connectivity index is 1.38. The zero-order valence-corrected chi connectivity index (χ0v) is 14.8. The van der Waals surface area contributed by atoms with Gasteiger partial charge in [0, 0.05) is 50.0 Å². The Kier molecular flexibility index (Phi) is 6.35. The van der Waals surface area contributed by atoms with Gasteiger partial charge in [-0.1, -0.05) is 30.3 Å². The van der Waals surface area contributed by atoms with Crippen molar-refractivity contribution in [2.24, 2.45) is 5.92 Å². The van der Waals surface area contributed by atoms with Gasteiger partial charge in [-0.15, -0.1) is 0 Å². The number of rotatable bonds is 7. The number of carbonyl (C=O) groups excluding carboxylic acids is 1. The monoisotopic (exact) mass is 343 g/mol. The highest BCUT2D eigenvalue weighted by atomic mass is 32.2. The summed E-state index contributed by atoms with van der Waals surface area (Å²) in [7, 11) is 0. The van der Waals surface area contributed by atoms with Crippen molar-refractivity contribution in [1.29, 1.82) is 0 Å². The molecule has 1 amide bonds. The molecule has 1 aliphatic heterocycles. The maximum atomic E-state index is 12.5. The van der Waals surface area contributed by atoms with Crippen LogP contribution in [-0.2, 0) is 17.1 Å². The van der Waals surface area contributed by atoms with E-state index in [-0.39, 0.29) is 0 Å². The third-order valence-electron chi connectivity index (χ3n) is 4.47. The minimum atomic E-state index is 0.311. The predicted molar refractivity (Wildman–Crippen MR) is 98.8 cm³/mol. The normalized spacial score (nSPS) is 17.8. The number of benzene rings is 1. The average Bonchev–Trinajstić information content (AvgIpc) is 3.13. The van der Waals surface area contributed by atoms with Crippen LogP contribution in [0.3, 0.4) is 0 Å². The van der Waals surface area contributed by atoms with Gasteiger partial charge in [0.25, 0.3) is 0 Å². The molecule has 5 heteroatoms. The number of likely N-dealkylation sites (tertiary alicyclic amines) is 1. The zero-order valence-electron chi connectivity index (χ0n) is 14.0. The van der Waals surface area contributed by atoms with E-state index in [0.29, 0.717) is 18.2 Å². The number of aromatic nitrogens is 2. The fourth-order valence-corrected chi connectivity index (χ4v) is 4.11. The minimum absolute atomic E-state index is 0.311. The molecule has 0 bridgehead atoms. The van der Waals surface area contributed by atoms with Gasteiger partial charge >= 0.3 is 0 Å². The second kappa shape index (κ2) is 8.92. The smallest absolute Gasteiger partial charge is 0.223 e. The topological polar surface area (TPSA) is 38.1 Å². The molecule has 1 fully saturated rings. The van der Waals surface area contributed by atoms with Crippen LogP contribution in [0.15, 0.2) is 49.1 Å². The molecule has 24 heavy (non-hydrogen) atoms. The van der Waals surface area contributed by atoms with Gasteiger partial charge in [0.1, 0.15) is 0 Å². The predicted octanol–water partition coefficient (Wildman–Crippen LogP) is 3.45. The Hall–Kier alpha value is -1.75. The molecule has 0 radical (unpaired) electrons. The molecular weight excluding hydrogens is 318 g/mol. The van der Waals surface area contributed by atoms with E-state index in [2.05, 4.69) is 38.7 Å². The van der Waals surface area contributed by atoms with Crippen LogP contribution in [0.4, 0.5) is 0 Å². The number of thioether (sulfide) groups is 1. The first-order valence-electron chi connectivity index (χ1n) is 8.66. The highest BCUT2D eigenvalue weighted by molar-refractivity contribution is 7.98. The van der Waals surface area contributed by atoms with Crippen molar-refractivity contribution in [3.05, 3.63) is 54.6 Å². The van der Waals surface area contributed by atoms with Crippen LogP contribution in [0.2, 0.25) is 0 Å². The molecule has 0 N–H and O–H groups in total. The van der Waals surface area contributed by atoms with Gasteiger partial charge in [-0.25, -0.2) is 4.98 Å². The summed E-state index contributed by atoms with van der Waals surface area (Å²) < 4.78 is 2.12. The standard InChI is InChI=1S/C19H25N3OS/c23-19(8-12-24-15-17-5-2-1-3-6-17)22-10-4-7-18(14-22)13-21-11-9-20-16-21/h1-3,5-6,9,11,16,18H,4,7-8,10,12-15H2. The number of hydrogen-bond donors (Lipinski definition) is 0. The summed E-state index contributed by atoms with van der Waals surface area (Å²) in [6.45, 7) is 2.77. The molecule has 0 saturated carbocycles. The second-order valence-electron chi connectivity index (χ2n) is 6.40. The highest BCUT2D eigenvalue weighted by Crippen LogP contribution is 2.20. The average molecular weight is 343 g/mol. The van der Waals surface area contributed by atoms with Gasteiger partial charge in [0.15, 0.2) is 0 Å². The number of imidazole rings is 1. The highest BCUT2D eigenvalue weighted by Gasteiger charge is 2.23. The van der Waals surface area contributed by atoms with Crippen LogP contribution >= 0.6 is 11.8 Å². The number of nitrogens with zero attached hydrogens (tertiary/aromatic N) is 3. The first kappa shape index (κ1) is 17.1. The van der Waals surface area contributed by atoms with Crippen LogP contribution < -0.4 is 0 Å². The van der Waals surface area contributed by atoms with E-state index in [1.807, 2.05) is 36.5 Å². The maximum absolute atomic E-state index is 12.5. The third-order valence-corrected chi connectivity index (χ3v) is 5.50. The Morgan fingerprint density at radius 1 is 1.29 bits per heavy atom. The molecule has 1 unspecified atom stereocenters. The zero-order chi connectivity index (χ0) is 16.6. The van der Waals surface area contributed by atoms with Gasteiger partial charge in [-0.3, -0.25) is 4.79 Å². The number of hydrogen-bond acceptors (Lipinski definition) is 3. The summed E-state index contributed by atoms with van der Waals surface area (Å²) in [5.74, 6) is 2.74. The second-order valence-corrected chi connectivity index (χ2v) is 7.50. The molecule has 0 aliphatic carbocycles. The van der Waals surface area contributed by atoms with Crippen molar-refractivity contribution in [2.75, 3.05) is 18.8 Å². The lowest BCUT2D eigenvalue weighted by Gasteiger charge is -2.33. The molecule has 0 spiro atoms. The lowest BCUT2D eigenvalue weighted by molar-refractivity contribution is -0.132. The number of amides is 1. The lowest BCUT2D eigenvalue weighted by Crippen LogP contribution is -2.41. The van der Waals surface area contributed by atoms with E-state index in [1.54, 1.807) is 0 Å². The fraction of sp³-hybridized carbons (Fsp3) is 0.474. The SMILES string of the molecule is O=C(CCSCc1ccccc1)N1CCCC(Cn2ccnc2)C1. The molecule has 128 valence electrons. The molecule has 1 aromatic carbocycles. The van der Waals surface area contributed by atoms with Crippen LogP contribution in [0.25, 0.3) is 0 Å². The van der Waals surface area contributed by atoms with E-state index in [1.165, 1.54) is 12.0 Å². The van der Waals surface area contributed by atoms with Crippen molar-refractivity contribution in [3.8, 4) is 0 Å². The summed E-state index contributed by atoms with van der Waals surface area (Å²) in [6, 6.07) is 10.4. The Labute approximate surface area is 148 Å². The van der Waals surface area contributed by atoms with Crippen molar-refractivity contribution in [3.63, 3.8) is 0 Å². The molecule has 1 atom stereocenters. The van der Waals surface area contributed by atoms with Crippen LogP contribution in [0.1, 0.15) is 24.8 Å². The summed E-state index contributed by atoms with van der Waals surface area (Å²) in [4.78, 5) is 18.6. The van der Waals surface area contributed by atoms with Gasteiger partial charge in [0.05, 0.1) is 6.33 Å². The third kappa shape index (κ3) is 5.13. The summed E-state index contributed by atoms with van der Waals surface area (Å²) in [5, 5.41) is 0. The van der Waals surface area contributed by atoms with Crippen LogP contribution in [0.5, 0.6) is 0 Å². The molecule has 1 aliphatic rings. The molecule has 2 heterocycles. The Bertz CT molecular complexity index is 615. The van der Waals surface area contributed by atoms with Gasteiger partial charge in [0.2, 0.25) is 5.91 Å². The number of carbonyl (C=O) groups is 1. The Morgan fingerprint density at radius 3 is 2.96 bits per heavy atom. The molecule has 2 aromatic rings.